The first-order valence-corrected chi connectivity index (χ1v) is 7.68. The van der Waals surface area contributed by atoms with Crippen molar-refractivity contribution >= 4 is 27.4 Å². The lowest BCUT2D eigenvalue weighted by Gasteiger charge is -2.03. The van der Waals surface area contributed by atoms with Crippen LogP contribution in [0.1, 0.15) is 17.5 Å². The summed E-state index contributed by atoms with van der Waals surface area (Å²) in [5.74, 6) is 7.26. The molecule has 0 bridgehead atoms. The SMILES string of the molecule is Cc1cccc(C#CCCNc2ncnc3sccc23)c1. The molecule has 21 heavy (non-hydrogen) atoms. The maximum Gasteiger partial charge on any atom is 0.138 e. The molecule has 0 aliphatic rings. The third kappa shape index (κ3) is 3.39. The molecule has 0 radical (unpaired) electrons. The van der Waals surface area contributed by atoms with Crippen molar-refractivity contribution in [1.29, 1.82) is 0 Å². The number of nitrogens with zero attached hydrogens (tertiary/aromatic N) is 2. The van der Waals surface area contributed by atoms with Crippen LogP contribution in [-0.2, 0) is 0 Å². The van der Waals surface area contributed by atoms with Crippen molar-refractivity contribution in [3.8, 4) is 11.8 Å². The van der Waals surface area contributed by atoms with Crippen LogP contribution in [0.15, 0.2) is 42.0 Å². The Bertz CT molecular complexity index is 811. The number of nitrogens with one attached hydrogen (secondary N) is 1. The van der Waals surface area contributed by atoms with Crippen molar-refractivity contribution < 1.29 is 0 Å². The number of aromatic nitrogens is 2. The van der Waals surface area contributed by atoms with Gasteiger partial charge in [0.25, 0.3) is 0 Å². The maximum absolute atomic E-state index is 4.28. The maximum atomic E-state index is 4.28. The van der Waals surface area contributed by atoms with E-state index in [-0.39, 0.29) is 0 Å². The highest BCUT2D eigenvalue weighted by atomic mass is 32.1. The first-order valence-electron chi connectivity index (χ1n) is 6.80. The molecule has 1 N–H and O–H groups in total. The molecule has 3 nitrogen and oxygen atoms in total. The third-order valence-corrected chi connectivity index (χ3v) is 3.88. The molecular weight excluding hydrogens is 278 g/mol. The van der Waals surface area contributed by atoms with Gasteiger partial charge in [-0.3, -0.25) is 0 Å². The third-order valence-electron chi connectivity index (χ3n) is 3.05. The van der Waals surface area contributed by atoms with Gasteiger partial charge in [0.15, 0.2) is 0 Å². The van der Waals surface area contributed by atoms with E-state index in [1.54, 1.807) is 17.7 Å². The lowest BCUT2D eigenvalue weighted by Crippen LogP contribution is -2.02. The van der Waals surface area contributed by atoms with E-state index in [0.29, 0.717) is 0 Å². The van der Waals surface area contributed by atoms with Crippen LogP contribution in [0.4, 0.5) is 5.82 Å². The van der Waals surface area contributed by atoms with Crippen LogP contribution in [0.5, 0.6) is 0 Å². The van der Waals surface area contributed by atoms with Crippen molar-refractivity contribution in [3.63, 3.8) is 0 Å². The summed E-state index contributed by atoms with van der Waals surface area (Å²) < 4.78 is 0. The molecule has 104 valence electrons. The second-order valence-corrected chi connectivity index (χ2v) is 5.60. The summed E-state index contributed by atoms with van der Waals surface area (Å²) in [7, 11) is 0. The number of aryl methyl sites for hydroxylation is 1. The van der Waals surface area contributed by atoms with Gasteiger partial charge in [0, 0.05) is 18.5 Å². The smallest absolute Gasteiger partial charge is 0.138 e. The van der Waals surface area contributed by atoms with Crippen molar-refractivity contribution in [1.82, 2.24) is 9.97 Å². The second-order valence-electron chi connectivity index (χ2n) is 4.71. The summed E-state index contributed by atoms with van der Waals surface area (Å²) in [6.07, 6.45) is 2.38. The molecule has 1 aromatic carbocycles. The Morgan fingerprint density at radius 1 is 1.24 bits per heavy atom. The summed E-state index contributed by atoms with van der Waals surface area (Å²) in [4.78, 5) is 9.53. The van der Waals surface area contributed by atoms with Gasteiger partial charge in [0.1, 0.15) is 17.0 Å². The molecule has 0 spiro atoms. The van der Waals surface area contributed by atoms with Gasteiger partial charge in [-0.05, 0) is 36.1 Å². The Morgan fingerprint density at radius 2 is 2.19 bits per heavy atom. The van der Waals surface area contributed by atoms with E-state index >= 15 is 0 Å². The largest absolute Gasteiger partial charge is 0.368 e. The van der Waals surface area contributed by atoms with Gasteiger partial charge in [0.2, 0.25) is 0 Å². The molecule has 0 unspecified atom stereocenters. The number of anilines is 1. The van der Waals surface area contributed by atoms with Crippen LogP contribution in [0.3, 0.4) is 0 Å². The molecule has 2 aromatic heterocycles. The number of rotatable bonds is 3. The van der Waals surface area contributed by atoms with Crippen LogP contribution in [-0.4, -0.2) is 16.5 Å². The fourth-order valence-corrected chi connectivity index (χ4v) is 2.79. The highest BCUT2D eigenvalue weighted by Crippen LogP contribution is 2.23. The minimum absolute atomic E-state index is 0.779. The number of benzene rings is 1. The van der Waals surface area contributed by atoms with E-state index in [2.05, 4.69) is 46.2 Å². The zero-order chi connectivity index (χ0) is 14.5. The lowest BCUT2D eigenvalue weighted by atomic mass is 10.1. The van der Waals surface area contributed by atoms with Gasteiger partial charge in [-0.2, -0.15) is 0 Å². The van der Waals surface area contributed by atoms with Crippen LogP contribution in [0.2, 0.25) is 0 Å². The summed E-state index contributed by atoms with van der Waals surface area (Å²) in [5.41, 5.74) is 2.30. The molecule has 0 amide bonds. The molecule has 0 aliphatic carbocycles. The summed E-state index contributed by atoms with van der Waals surface area (Å²) in [5, 5.41) is 6.43. The van der Waals surface area contributed by atoms with E-state index in [1.807, 2.05) is 23.6 Å². The predicted octanol–water partition coefficient (Wildman–Crippen LogP) is 3.85. The molecule has 3 aromatic rings. The minimum atomic E-state index is 0.779. The number of hydrogen-bond donors (Lipinski definition) is 1. The monoisotopic (exact) mass is 293 g/mol. The van der Waals surface area contributed by atoms with E-state index in [9.17, 15) is 0 Å². The Morgan fingerprint density at radius 3 is 3.10 bits per heavy atom. The quantitative estimate of drug-likeness (QED) is 0.588. The zero-order valence-corrected chi connectivity index (χ0v) is 12.6. The van der Waals surface area contributed by atoms with Gasteiger partial charge in [0.05, 0.1) is 5.39 Å². The van der Waals surface area contributed by atoms with E-state index in [4.69, 9.17) is 0 Å². The number of thiophene rings is 1. The Kier molecular flexibility index (Phi) is 4.13. The molecule has 3 rings (SSSR count). The average molecular weight is 293 g/mol. The summed E-state index contributed by atoms with van der Waals surface area (Å²) in [6, 6.07) is 10.3. The highest BCUT2D eigenvalue weighted by molar-refractivity contribution is 7.16. The Hall–Kier alpha value is -2.38. The summed E-state index contributed by atoms with van der Waals surface area (Å²) >= 11 is 1.62. The normalized spacial score (nSPS) is 10.1. The van der Waals surface area contributed by atoms with Crippen molar-refractivity contribution in [2.75, 3.05) is 11.9 Å². The van der Waals surface area contributed by atoms with Crippen molar-refractivity contribution in [3.05, 3.63) is 53.2 Å². The molecule has 0 atom stereocenters. The van der Waals surface area contributed by atoms with Crippen molar-refractivity contribution in [2.45, 2.75) is 13.3 Å². The fraction of sp³-hybridized carbons (Fsp3) is 0.176. The van der Waals surface area contributed by atoms with Crippen LogP contribution < -0.4 is 5.32 Å². The van der Waals surface area contributed by atoms with Gasteiger partial charge < -0.3 is 5.32 Å². The number of hydrogen-bond acceptors (Lipinski definition) is 4. The van der Waals surface area contributed by atoms with Crippen LogP contribution in [0, 0.1) is 18.8 Å². The highest BCUT2D eigenvalue weighted by Gasteiger charge is 2.02. The molecule has 2 heterocycles. The molecule has 4 heteroatoms. The lowest BCUT2D eigenvalue weighted by molar-refractivity contribution is 1.07. The van der Waals surface area contributed by atoms with Gasteiger partial charge in [-0.1, -0.05) is 24.0 Å². The Balaban J connectivity index is 1.59. The fourth-order valence-electron chi connectivity index (χ4n) is 2.06. The van der Waals surface area contributed by atoms with Gasteiger partial charge in [-0.15, -0.1) is 11.3 Å². The molecule has 0 saturated carbocycles. The number of fused-ring (bicyclic) bond motifs is 1. The molecule has 0 aliphatic heterocycles. The van der Waals surface area contributed by atoms with E-state index in [0.717, 1.165) is 34.6 Å². The standard InChI is InChI=1S/C17H15N3S/c1-13-5-4-7-14(11-13)6-2-3-9-18-16-15-8-10-21-17(15)20-12-19-16/h4-5,7-8,10-12H,3,9H2,1H3,(H,18,19,20). The topological polar surface area (TPSA) is 37.8 Å². The minimum Gasteiger partial charge on any atom is -0.368 e. The van der Waals surface area contributed by atoms with E-state index < -0.39 is 0 Å². The second kappa shape index (κ2) is 6.38. The molecule has 0 fully saturated rings. The molecule has 0 saturated heterocycles. The van der Waals surface area contributed by atoms with Crippen LogP contribution >= 0.6 is 11.3 Å². The predicted molar refractivity (Wildman–Crippen MR) is 88.6 cm³/mol. The van der Waals surface area contributed by atoms with E-state index in [1.165, 1.54) is 5.56 Å². The zero-order valence-electron chi connectivity index (χ0n) is 11.8. The van der Waals surface area contributed by atoms with Gasteiger partial charge in [-0.25, -0.2) is 9.97 Å². The van der Waals surface area contributed by atoms with Crippen LogP contribution in [0.25, 0.3) is 10.2 Å². The average Bonchev–Trinajstić information content (AvgIpc) is 2.96. The Labute approximate surface area is 128 Å². The van der Waals surface area contributed by atoms with Crippen molar-refractivity contribution in [2.24, 2.45) is 0 Å². The molecular formula is C17H15N3S. The first-order chi connectivity index (χ1) is 10.3. The first kappa shape index (κ1) is 13.6. The van der Waals surface area contributed by atoms with Gasteiger partial charge >= 0.3 is 0 Å². The summed E-state index contributed by atoms with van der Waals surface area (Å²) in [6.45, 7) is 2.86.